The van der Waals surface area contributed by atoms with Crippen molar-refractivity contribution >= 4 is 0 Å². The summed E-state index contributed by atoms with van der Waals surface area (Å²) in [6.45, 7) is 5.09. The molecule has 4 aromatic rings. The number of nitrogens with zero attached hydrogens (tertiary/aromatic N) is 4. The van der Waals surface area contributed by atoms with Crippen molar-refractivity contribution in [3.63, 3.8) is 0 Å². The van der Waals surface area contributed by atoms with Crippen LogP contribution < -0.4 is 5.69 Å². The summed E-state index contributed by atoms with van der Waals surface area (Å²) in [5.74, 6) is 1.87. The van der Waals surface area contributed by atoms with E-state index in [2.05, 4.69) is 69.8 Å². The first-order valence-corrected chi connectivity index (χ1v) is 13.3. The van der Waals surface area contributed by atoms with Gasteiger partial charge in [0.15, 0.2) is 0 Å². The normalized spacial score (nSPS) is 14.5. The van der Waals surface area contributed by atoms with E-state index in [1.165, 1.54) is 43.5 Å². The maximum absolute atomic E-state index is 13.1. The molecule has 2 N–H and O–H groups in total. The van der Waals surface area contributed by atoms with Crippen LogP contribution in [-0.2, 0) is 19.4 Å². The molecule has 2 aromatic heterocycles. The fourth-order valence-corrected chi connectivity index (χ4v) is 5.46. The van der Waals surface area contributed by atoms with Crippen LogP contribution in [0.5, 0.6) is 0 Å². The number of imidazole rings is 1. The number of tetrazole rings is 1. The molecule has 0 bridgehead atoms. The fraction of sp³-hybridized carbons (Fsp3) is 0.448. The molecular formula is C29H36N6O. The van der Waals surface area contributed by atoms with Crippen molar-refractivity contribution in [3.05, 3.63) is 76.0 Å². The molecule has 36 heavy (non-hydrogen) atoms. The number of aromatic amines is 2. The summed E-state index contributed by atoms with van der Waals surface area (Å²) in [4.78, 5) is 16.4. The van der Waals surface area contributed by atoms with Crippen molar-refractivity contribution < 1.29 is 0 Å². The molecule has 5 rings (SSSR count). The number of aromatic nitrogens is 6. The summed E-state index contributed by atoms with van der Waals surface area (Å²) in [6.07, 6.45) is 9.58. The van der Waals surface area contributed by atoms with Crippen molar-refractivity contribution in [3.8, 4) is 22.5 Å². The van der Waals surface area contributed by atoms with Crippen LogP contribution in [0.25, 0.3) is 22.5 Å². The van der Waals surface area contributed by atoms with Crippen molar-refractivity contribution in [1.82, 2.24) is 30.2 Å². The largest absolute Gasteiger partial charge is 0.326 e. The van der Waals surface area contributed by atoms with Gasteiger partial charge >= 0.3 is 5.69 Å². The quantitative estimate of drug-likeness (QED) is 0.315. The van der Waals surface area contributed by atoms with E-state index in [0.29, 0.717) is 24.2 Å². The maximum atomic E-state index is 13.1. The van der Waals surface area contributed by atoms with Crippen molar-refractivity contribution in [1.29, 1.82) is 0 Å². The van der Waals surface area contributed by atoms with Gasteiger partial charge in [-0.05, 0) is 53.0 Å². The summed E-state index contributed by atoms with van der Waals surface area (Å²) < 4.78 is 1.98. The molecule has 0 radical (unpaired) electrons. The molecule has 188 valence electrons. The fourth-order valence-electron chi connectivity index (χ4n) is 5.46. The van der Waals surface area contributed by atoms with Gasteiger partial charge in [0.05, 0.1) is 6.54 Å². The van der Waals surface area contributed by atoms with E-state index in [4.69, 9.17) is 0 Å². The summed E-state index contributed by atoms with van der Waals surface area (Å²) in [5.41, 5.74) is 6.57. The van der Waals surface area contributed by atoms with Gasteiger partial charge in [-0.25, -0.2) is 4.79 Å². The molecule has 7 heteroatoms. The van der Waals surface area contributed by atoms with Crippen LogP contribution in [0.4, 0.5) is 0 Å². The number of hydrogen-bond donors (Lipinski definition) is 2. The number of rotatable bonds is 9. The Hall–Kier alpha value is -3.48. The highest BCUT2D eigenvalue weighted by Gasteiger charge is 2.20. The molecule has 1 saturated carbocycles. The average Bonchev–Trinajstić information content (AvgIpc) is 3.53. The van der Waals surface area contributed by atoms with Gasteiger partial charge in [-0.3, -0.25) is 4.57 Å². The molecule has 0 spiro atoms. The molecule has 0 amide bonds. The zero-order valence-corrected chi connectivity index (χ0v) is 21.3. The summed E-state index contributed by atoms with van der Waals surface area (Å²) >= 11 is 0. The van der Waals surface area contributed by atoms with Crippen LogP contribution in [0.15, 0.2) is 53.3 Å². The van der Waals surface area contributed by atoms with Crippen molar-refractivity contribution in [2.24, 2.45) is 11.8 Å². The first-order chi connectivity index (χ1) is 17.6. The van der Waals surface area contributed by atoms with Gasteiger partial charge in [0, 0.05) is 17.0 Å². The predicted octanol–water partition coefficient (Wildman–Crippen LogP) is 5.78. The van der Waals surface area contributed by atoms with E-state index < -0.39 is 0 Å². The Morgan fingerprint density at radius 2 is 1.75 bits per heavy atom. The van der Waals surface area contributed by atoms with Gasteiger partial charge in [-0.2, -0.15) is 5.21 Å². The number of hydrogen-bond acceptors (Lipinski definition) is 4. The molecule has 0 saturated heterocycles. The van der Waals surface area contributed by atoms with E-state index >= 15 is 0 Å². The molecular weight excluding hydrogens is 448 g/mol. The molecule has 2 heterocycles. The number of nitrogens with one attached hydrogen (secondary N) is 2. The highest BCUT2D eigenvalue weighted by molar-refractivity contribution is 5.80. The molecule has 0 aliphatic heterocycles. The number of benzene rings is 2. The zero-order chi connectivity index (χ0) is 24.9. The average molecular weight is 485 g/mol. The third-order valence-corrected chi connectivity index (χ3v) is 7.47. The van der Waals surface area contributed by atoms with Crippen LogP contribution in [0.3, 0.4) is 0 Å². The Labute approximate surface area is 212 Å². The second-order valence-electron chi connectivity index (χ2n) is 10.6. The molecule has 1 fully saturated rings. The van der Waals surface area contributed by atoms with Crippen LogP contribution >= 0.6 is 0 Å². The minimum atomic E-state index is 0.0195. The van der Waals surface area contributed by atoms with Crippen molar-refractivity contribution in [2.75, 3.05) is 0 Å². The number of H-pyrrole nitrogens is 2. The van der Waals surface area contributed by atoms with Gasteiger partial charge < -0.3 is 4.98 Å². The molecule has 7 nitrogen and oxygen atoms in total. The van der Waals surface area contributed by atoms with Gasteiger partial charge in [0.2, 0.25) is 5.82 Å². The lowest BCUT2D eigenvalue weighted by Crippen LogP contribution is -2.20. The maximum Gasteiger partial charge on any atom is 0.326 e. The Morgan fingerprint density at radius 1 is 1.00 bits per heavy atom. The topological polar surface area (TPSA) is 92.2 Å². The smallest absolute Gasteiger partial charge is 0.310 e. The minimum Gasteiger partial charge on any atom is -0.310 e. The second-order valence-corrected chi connectivity index (χ2v) is 10.6. The standard InChI is InChI=1S/C29H36N6O/c1-20(2)12-17-27-26(18-21-8-4-3-5-9-21)30-29(36)35(27)19-22-13-15-23(16-14-22)24-10-6-7-11-25(24)28-31-33-34-32-28/h6-7,10-11,13-16,20-21H,3-5,8-9,12,17-19H2,1-2H3,(H,30,36)(H,31,32,33,34). The van der Waals surface area contributed by atoms with Crippen molar-refractivity contribution in [2.45, 2.75) is 71.8 Å². The lowest BCUT2D eigenvalue weighted by Gasteiger charge is -2.21. The lowest BCUT2D eigenvalue weighted by atomic mass is 9.85. The first-order valence-electron chi connectivity index (χ1n) is 13.3. The van der Waals surface area contributed by atoms with Crippen LogP contribution in [0.2, 0.25) is 0 Å². The summed E-state index contributed by atoms with van der Waals surface area (Å²) in [7, 11) is 0. The van der Waals surface area contributed by atoms with E-state index in [1.807, 2.05) is 22.8 Å². The highest BCUT2D eigenvalue weighted by Crippen LogP contribution is 2.30. The third kappa shape index (κ3) is 5.50. The third-order valence-electron chi connectivity index (χ3n) is 7.47. The Kier molecular flexibility index (Phi) is 7.44. The molecule has 0 unspecified atom stereocenters. The molecule has 1 aliphatic rings. The van der Waals surface area contributed by atoms with E-state index in [9.17, 15) is 4.79 Å². The minimum absolute atomic E-state index is 0.0195. The van der Waals surface area contributed by atoms with Gasteiger partial charge in [-0.15, -0.1) is 10.2 Å². The predicted molar refractivity (Wildman–Crippen MR) is 143 cm³/mol. The zero-order valence-electron chi connectivity index (χ0n) is 21.3. The molecule has 0 atom stereocenters. The van der Waals surface area contributed by atoms with E-state index in [1.54, 1.807) is 0 Å². The summed E-state index contributed by atoms with van der Waals surface area (Å²) in [5, 5.41) is 14.5. The van der Waals surface area contributed by atoms with Crippen LogP contribution in [0, 0.1) is 11.8 Å². The lowest BCUT2D eigenvalue weighted by molar-refractivity contribution is 0.353. The Bertz CT molecular complexity index is 1310. The van der Waals surface area contributed by atoms with Gasteiger partial charge in [0.1, 0.15) is 0 Å². The Balaban J connectivity index is 1.40. The first kappa shape index (κ1) is 24.2. The van der Waals surface area contributed by atoms with Crippen LogP contribution in [-0.4, -0.2) is 30.2 Å². The van der Waals surface area contributed by atoms with Gasteiger partial charge in [0.25, 0.3) is 0 Å². The van der Waals surface area contributed by atoms with Gasteiger partial charge in [-0.1, -0.05) is 94.5 Å². The second kappa shape index (κ2) is 11.1. The monoisotopic (exact) mass is 484 g/mol. The van der Waals surface area contributed by atoms with E-state index in [0.717, 1.165) is 41.5 Å². The van der Waals surface area contributed by atoms with Crippen LogP contribution in [0.1, 0.15) is 69.3 Å². The Morgan fingerprint density at radius 3 is 2.44 bits per heavy atom. The summed E-state index contributed by atoms with van der Waals surface area (Å²) in [6, 6.07) is 16.5. The SMILES string of the molecule is CC(C)CCc1c(CC2CCCCC2)[nH]c(=O)n1Cc1ccc(-c2ccccc2-c2nn[nH]n2)cc1. The van der Waals surface area contributed by atoms with E-state index in [-0.39, 0.29) is 5.69 Å². The molecule has 1 aliphatic carbocycles. The highest BCUT2D eigenvalue weighted by atomic mass is 16.1. The molecule has 2 aromatic carbocycles.